The molecule has 0 aliphatic carbocycles. The maximum Gasteiger partial charge on any atom is 0.227 e. The van der Waals surface area contributed by atoms with Crippen molar-refractivity contribution in [2.24, 2.45) is 5.92 Å². The van der Waals surface area contributed by atoms with Crippen LogP contribution in [0.2, 0.25) is 0 Å². The molecule has 1 aliphatic rings. The monoisotopic (exact) mass is 345 g/mol. The molecule has 2 atom stereocenters. The fraction of sp³-hybridized carbons (Fsp3) is 0.611. The fourth-order valence-corrected chi connectivity index (χ4v) is 3.69. The standard InChI is InChI=1S/C18H27N5O2/c1-6-16-19-12(3)17(20-16)14-9-22(4)10-15(14)18(24)23(5)8-13-7-11(2)25-21-13/h7,14-15H,6,8-10H2,1-5H3,(H,19,20)/t14-,15-/m0/s1. The van der Waals surface area contributed by atoms with Gasteiger partial charge in [0, 0.05) is 44.2 Å². The summed E-state index contributed by atoms with van der Waals surface area (Å²) in [5, 5.41) is 3.99. The molecule has 136 valence electrons. The lowest BCUT2D eigenvalue weighted by Crippen LogP contribution is -2.36. The van der Waals surface area contributed by atoms with E-state index in [1.54, 1.807) is 4.90 Å². The Balaban J connectivity index is 1.78. The van der Waals surface area contributed by atoms with Crippen LogP contribution in [0.4, 0.5) is 0 Å². The zero-order valence-corrected chi connectivity index (χ0v) is 15.7. The van der Waals surface area contributed by atoms with Crippen LogP contribution in [-0.4, -0.2) is 58.0 Å². The van der Waals surface area contributed by atoms with E-state index < -0.39 is 0 Å². The molecular formula is C18H27N5O2. The summed E-state index contributed by atoms with van der Waals surface area (Å²) >= 11 is 0. The Morgan fingerprint density at radius 2 is 2.20 bits per heavy atom. The Kier molecular flexibility index (Phi) is 4.94. The first-order chi connectivity index (χ1) is 11.9. The van der Waals surface area contributed by atoms with Crippen molar-refractivity contribution in [2.45, 2.75) is 39.7 Å². The Morgan fingerprint density at radius 3 is 2.80 bits per heavy atom. The van der Waals surface area contributed by atoms with E-state index in [-0.39, 0.29) is 17.7 Å². The predicted octanol–water partition coefficient (Wildman–Crippen LogP) is 1.88. The van der Waals surface area contributed by atoms with Gasteiger partial charge in [-0.05, 0) is 20.9 Å². The van der Waals surface area contributed by atoms with Crippen LogP contribution in [0, 0.1) is 19.8 Å². The van der Waals surface area contributed by atoms with Crippen molar-refractivity contribution in [3.63, 3.8) is 0 Å². The van der Waals surface area contributed by atoms with E-state index in [0.717, 1.165) is 48.2 Å². The third-order valence-electron chi connectivity index (χ3n) is 4.93. The van der Waals surface area contributed by atoms with Crippen molar-refractivity contribution >= 4 is 5.91 Å². The van der Waals surface area contributed by atoms with Crippen LogP contribution in [0.25, 0.3) is 0 Å². The summed E-state index contributed by atoms with van der Waals surface area (Å²) in [5.41, 5.74) is 2.88. The van der Waals surface area contributed by atoms with Crippen molar-refractivity contribution in [1.82, 2.24) is 24.9 Å². The number of nitrogens with one attached hydrogen (secondary N) is 1. The number of hydrogen-bond acceptors (Lipinski definition) is 5. The predicted molar refractivity (Wildman–Crippen MR) is 94.1 cm³/mol. The minimum atomic E-state index is -0.0882. The van der Waals surface area contributed by atoms with E-state index >= 15 is 0 Å². The minimum absolute atomic E-state index is 0.0882. The number of aromatic amines is 1. The Labute approximate surface area is 148 Å². The number of amides is 1. The summed E-state index contributed by atoms with van der Waals surface area (Å²) in [4.78, 5) is 25.1. The average Bonchev–Trinajstić information content (AvgIpc) is 3.25. The molecule has 1 aliphatic heterocycles. The molecule has 0 aromatic carbocycles. The second kappa shape index (κ2) is 7.00. The van der Waals surface area contributed by atoms with Gasteiger partial charge in [0.2, 0.25) is 5.91 Å². The van der Waals surface area contributed by atoms with E-state index in [0.29, 0.717) is 6.54 Å². The first-order valence-electron chi connectivity index (χ1n) is 8.80. The van der Waals surface area contributed by atoms with Gasteiger partial charge in [0.05, 0.1) is 18.2 Å². The second-order valence-electron chi connectivity index (χ2n) is 7.10. The molecule has 0 unspecified atom stereocenters. The fourth-order valence-electron chi connectivity index (χ4n) is 3.69. The number of aromatic nitrogens is 3. The normalized spacial score (nSPS) is 21.0. The van der Waals surface area contributed by atoms with Crippen molar-refractivity contribution < 1.29 is 9.32 Å². The lowest BCUT2D eigenvalue weighted by atomic mass is 9.90. The number of aryl methyl sites for hydroxylation is 3. The van der Waals surface area contributed by atoms with Crippen molar-refractivity contribution in [1.29, 1.82) is 0 Å². The number of carbonyl (C=O) groups excluding carboxylic acids is 1. The third-order valence-corrected chi connectivity index (χ3v) is 4.93. The zero-order valence-electron chi connectivity index (χ0n) is 15.7. The Morgan fingerprint density at radius 1 is 1.44 bits per heavy atom. The van der Waals surface area contributed by atoms with Crippen LogP contribution in [0.3, 0.4) is 0 Å². The van der Waals surface area contributed by atoms with Gasteiger partial charge in [-0.15, -0.1) is 0 Å². The van der Waals surface area contributed by atoms with Crippen molar-refractivity contribution in [3.8, 4) is 0 Å². The molecule has 1 fully saturated rings. The van der Waals surface area contributed by atoms with Gasteiger partial charge in [-0.3, -0.25) is 4.79 Å². The molecule has 0 radical (unpaired) electrons. The van der Waals surface area contributed by atoms with Gasteiger partial charge in [-0.25, -0.2) is 4.98 Å². The minimum Gasteiger partial charge on any atom is -0.361 e. The molecule has 1 N–H and O–H groups in total. The summed E-state index contributed by atoms with van der Waals surface area (Å²) in [5.74, 6) is 1.91. The zero-order chi connectivity index (χ0) is 18.1. The summed E-state index contributed by atoms with van der Waals surface area (Å²) in [6.45, 7) is 8.04. The van der Waals surface area contributed by atoms with Crippen LogP contribution in [-0.2, 0) is 17.8 Å². The molecule has 0 saturated carbocycles. The number of nitrogens with zero attached hydrogens (tertiary/aromatic N) is 4. The lowest BCUT2D eigenvalue weighted by molar-refractivity contribution is -0.134. The number of imidazole rings is 1. The highest BCUT2D eigenvalue weighted by Crippen LogP contribution is 2.34. The van der Waals surface area contributed by atoms with E-state index in [9.17, 15) is 4.79 Å². The molecule has 3 rings (SSSR count). The molecule has 7 heteroatoms. The third kappa shape index (κ3) is 3.61. The van der Waals surface area contributed by atoms with E-state index in [1.807, 2.05) is 27.0 Å². The van der Waals surface area contributed by atoms with Crippen LogP contribution in [0.5, 0.6) is 0 Å². The SMILES string of the molecule is CCc1nc([C@H]2CN(C)C[C@@H]2C(=O)N(C)Cc2cc(C)on2)c(C)[nH]1. The maximum atomic E-state index is 13.1. The van der Waals surface area contributed by atoms with E-state index in [2.05, 4.69) is 29.0 Å². The van der Waals surface area contributed by atoms with Gasteiger partial charge in [-0.1, -0.05) is 12.1 Å². The molecule has 1 saturated heterocycles. The quantitative estimate of drug-likeness (QED) is 0.895. The number of carbonyl (C=O) groups is 1. The van der Waals surface area contributed by atoms with Crippen LogP contribution in [0.1, 0.15) is 41.5 Å². The van der Waals surface area contributed by atoms with E-state index in [4.69, 9.17) is 9.51 Å². The van der Waals surface area contributed by atoms with Gasteiger partial charge in [-0.2, -0.15) is 0 Å². The molecule has 0 bridgehead atoms. The number of rotatable bonds is 5. The van der Waals surface area contributed by atoms with Gasteiger partial charge < -0.3 is 19.3 Å². The van der Waals surface area contributed by atoms with Gasteiger partial charge in [0.1, 0.15) is 17.3 Å². The first-order valence-corrected chi connectivity index (χ1v) is 8.80. The van der Waals surface area contributed by atoms with Gasteiger partial charge in [0.25, 0.3) is 0 Å². The van der Waals surface area contributed by atoms with Crippen LogP contribution >= 0.6 is 0 Å². The second-order valence-corrected chi connectivity index (χ2v) is 7.10. The topological polar surface area (TPSA) is 78.3 Å². The summed E-state index contributed by atoms with van der Waals surface area (Å²) in [6.07, 6.45) is 0.868. The number of likely N-dealkylation sites (tertiary alicyclic amines) is 1. The molecule has 3 heterocycles. The van der Waals surface area contributed by atoms with Gasteiger partial charge in [0.15, 0.2) is 0 Å². The molecule has 2 aromatic heterocycles. The Bertz CT molecular complexity index is 750. The number of hydrogen-bond donors (Lipinski definition) is 1. The molecule has 1 amide bonds. The van der Waals surface area contributed by atoms with Gasteiger partial charge >= 0.3 is 0 Å². The number of likely N-dealkylation sites (N-methyl/N-ethyl adjacent to an activating group) is 1. The van der Waals surface area contributed by atoms with E-state index in [1.165, 1.54) is 0 Å². The number of H-pyrrole nitrogens is 1. The van der Waals surface area contributed by atoms with Crippen LogP contribution in [0.15, 0.2) is 10.6 Å². The largest absolute Gasteiger partial charge is 0.361 e. The Hall–Kier alpha value is -2.15. The lowest BCUT2D eigenvalue weighted by Gasteiger charge is -2.23. The highest BCUT2D eigenvalue weighted by Gasteiger charge is 2.40. The summed E-state index contributed by atoms with van der Waals surface area (Å²) < 4.78 is 5.10. The molecule has 2 aromatic rings. The molecular weight excluding hydrogens is 318 g/mol. The average molecular weight is 345 g/mol. The summed E-state index contributed by atoms with van der Waals surface area (Å²) in [6, 6.07) is 1.87. The van der Waals surface area contributed by atoms with Crippen molar-refractivity contribution in [3.05, 3.63) is 34.7 Å². The highest BCUT2D eigenvalue weighted by atomic mass is 16.5. The maximum absolute atomic E-state index is 13.1. The van der Waals surface area contributed by atoms with Crippen LogP contribution < -0.4 is 0 Å². The molecule has 25 heavy (non-hydrogen) atoms. The smallest absolute Gasteiger partial charge is 0.227 e. The molecule has 7 nitrogen and oxygen atoms in total. The summed E-state index contributed by atoms with van der Waals surface area (Å²) in [7, 11) is 3.89. The molecule has 0 spiro atoms. The highest BCUT2D eigenvalue weighted by molar-refractivity contribution is 5.80. The van der Waals surface area contributed by atoms with Crippen molar-refractivity contribution in [2.75, 3.05) is 27.2 Å². The first kappa shape index (κ1) is 17.7.